The normalized spacial score (nSPS) is 1.75. The van der Waals surface area contributed by atoms with Crippen LogP contribution in [0.2, 0.25) is 0 Å². The van der Waals surface area contributed by atoms with Crippen molar-refractivity contribution in [3.05, 3.63) is 0 Å². The quantitative estimate of drug-likeness (QED) is 0.503. The molecule has 0 aromatic carbocycles. The van der Waals surface area contributed by atoms with Gasteiger partial charge in [-0.15, -0.1) is 0 Å². The summed E-state index contributed by atoms with van der Waals surface area (Å²) in [7, 11) is 0. The second-order valence-corrected chi connectivity index (χ2v) is 0.474. The van der Waals surface area contributed by atoms with Crippen LogP contribution >= 0.6 is 0 Å². The van der Waals surface area contributed by atoms with Crippen LogP contribution in [0.25, 0.3) is 0 Å². The van der Waals surface area contributed by atoms with Crippen molar-refractivity contribution < 1.29 is 22.4 Å². The summed E-state index contributed by atoms with van der Waals surface area (Å²) in [5, 5.41) is 7.26. The third kappa shape index (κ3) is 15.0. The predicted octanol–water partition coefficient (Wildman–Crippen LogP) is -0.367. The average molecular weight is 213 g/mol. The van der Waals surface area contributed by atoms with Crippen LogP contribution in [0.15, 0.2) is 0 Å². The van der Waals surface area contributed by atoms with Gasteiger partial charge in [-0.1, -0.05) is 0 Å². The van der Waals surface area contributed by atoms with E-state index in [2.05, 4.69) is 16.0 Å². The Balaban J connectivity index is 0. The van der Waals surface area contributed by atoms with Gasteiger partial charge in [0.05, 0.1) is 0 Å². The largest absolute Gasteiger partial charge is 1.00 e. The van der Waals surface area contributed by atoms with Crippen LogP contribution in [0.4, 0.5) is 0 Å². The molecule has 0 saturated heterocycles. The van der Waals surface area contributed by atoms with Crippen LogP contribution < -0.4 is 0 Å². The standard InChI is InChI=1S/CHNSe.Ag/c2-1-3;/h3H;/q;+1/p-1. The van der Waals surface area contributed by atoms with Crippen LogP contribution in [0, 0.1) is 10.2 Å². The van der Waals surface area contributed by atoms with E-state index in [1.54, 1.807) is 4.97 Å². The molecular weight excluding hydrogens is 213 g/mol. The van der Waals surface area contributed by atoms with E-state index in [0.29, 0.717) is 0 Å². The van der Waals surface area contributed by atoms with Crippen molar-refractivity contribution in [2.45, 2.75) is 0 Å². The first kappa shape index (κ1) is 8.83. The van der Waals surface area contributed by atoms with E-state index >= 15 is 0 Å². The van der Waals surface area contributed by atoms with E-state index in [1.807, 2.05) is 0 Å². The Hall–Kier alpha value is 0.750. The van der Waals surface area contributed by atoms with Gasteiger partial charge in [0.25, 0.3) is 0 Å². The topological polar surface area (TPSA) is 23.8 Å². The molecule has 0 radical (unpaired) electrons. The summed E-state index contributed by atoms with van der Waals surface area (Å²) < 4.78 is 0. The van der Waals surface area contributed by atoms with E-state index in [4.69, 9.17) is 5.26 Å². The smallest absolute Gasteiger partial charge is 1.00 e. The Labute approximate surface area is 48.7 Å². The summed E-state index contributed by atoms with van der Waals surface area (Å²) in [6.07, 6.45) is 0. The molecule has 0 amide bonds. The second-order valence-electron chi connectivity index (χ2n) is 0.0913. The summed E-state index contributed by atoms with van der Waals surface area (Å²) >= 11 is 2.11. The Morgan fingerprint density at radius 2 is 1.75 bits per heavy atom. The first-order valence-corrected chi connectivity index (χ1v) is 1.28. The van der Waals surface area contributed by atoms with Crippen LogP contribution in [-0.2, 0) is 22.4 Å². The van der Waals surface area contributed by atoms with Gasteiger partial charge in [-0.2, -0.15) is 0 Å². The zero-order valence-electron chi connectivity index (χ0n) is 1.66. The zero-order chi connectivity index (χ0) is 2.71. The molecule has 26 valence electrons. The van der Waals surface area contributed by atoms with Crippen LogP contribution in [0.1, 0.15) is 0 Å². The van der Waals surface area contributed by atoms with E-state index in [0.717, 1.165) is 0 Å². The summed E-state index contributed by atoms with van der Waals surface area (Å²) in [6.45, 7) is 0. The number of hydrogen-bond donors (Lipinski definition) is 0. The Morgan fingerprint density at radius 1 is 1.75 bits per heavy atom. The molecule has 0 bridgehead atoms. The molecular formula is CAgNSe. The van der Waals surface area contributed by atoms with Gasteiger partial charge in [0, 0.05) is 0 Å². The van der Waals surface area contributed by atoms with Gasteiger partial charge < -0.3 is 0 Å². The minimum absolute atomic E-state index is 0. The number of nitriles is 1. The molecule has 0 aromatic rings. The molecule has 0 saturated carbocycles. The van der Waals surface area contributed by atoms with E-state index < -0.39 is 0 Å². The SMILES string of the molecule is N#C[Se-].[Ag+]. The van der Waals surface area contributed by atoms with E-state index in [-0.39, 0.29) is 22.4 Å². The van der Waals surface area contributed by atoms with Gasteiger partial charge >= 0.3 is 48.6 Å². The van der Waals surface area contributed by atoms with Crippen molar-refractivity contribution in [2.24, 2.45) is 0 Å². The first-order chi connectivity index (χ1) is 1.41. The van der Waals surface area contributed by atoms with Gasteiger partial charge in [-0.05, 0) is 0 Å². The third-order valence-corrected chi connectivity index (χ3v) is 0. The number of hydrogen-bond acceptors (Lipinski definition) is 1. The Morgan fingerprint density at radius 3 is 1.75 bits per heavy atom. The maximum Gasteiger partial charge on any atom is 1.00 e. The molecule has 0 N–H and O–H groups in total. The maximum absolute atomic E-state index is 7.26. The molecule has 0 spiro atoms. The van der Waals surface area contributed by atoms with Crippen LogP contribution in [-0.4, -0.2) is 16.0 Å². The van der Waals surface area contributed by atoms with Crippen molar-refractivity contribution in [3.63, 3.8) is 0 Å². The molecule has 1 nitrogen and oxygen atoms in total. The van der Waals surface area contributed by atoms with Crippen molar-refractivity contribution in [2.75, 3.05) is 0 Å². The van der Waals surface area contributed by atoms with Crippen molar-refractivity contribution in [1.29, 1.82) is 5.26 Å². The summed E-state index contributed by atoms with van der Waals surface area (Å²) in [5.74, 6) is 0. The summed E-state index contributed by atoms with van der Waals surface area (Å²) in [6, 6.07) is 0. The fourth-order valence-corrected chi connectivity index (χ4v) is 0. The van der Waals surface area contributed by atoms with E-state index in [1.165, 1.54) is 0 Å². The molecule has 4 heavy (non-hydrogen) atoms. The first-order valence-electron chi connectivity index (χ1n) is 0.428. The van der Waals surface area contributed by atoms with Gasteiger partial charge in [0.1, 0.15) is 0 Å². The minimum atomic E-state index is 0. The number of nitrogens with zero attached hydrogens (tertiary/aromatic N) is 1. The van der Waals surface area contributed by atoms with Crippen molar-refractivity contribution in [1.82, 2.24) is 0 Å². The monoisotopic (exact) mass is 213 g/mol. The average Bonchev–Trinajstić information content (AvgIpc) is 0.918. The molecule has 0 aliphatic carbocycles. The Kier molecular flexibility index (Phi) is 20.4. The van der Waals surface area contributed by atoms with Crippen LogP contribution in [0.3, 0.4) is 0 Å². The molecule has 0 atom stereocenters. The fourth-order valence-electron chi connectivity index (χ4n) is 0. The molecule has 0 aliphatic heterocycles. The molecule has 3 heteroatoms. The minimum Gasteiger partial charge on any atom is 1.00 e. The summed E-state index contributed by atoms with van der Waals surface area (Å²) in [5.41, 5.74) is 0. The van der Waals surface area contributed by atoms with Gasteiger partial charge in [0.15, 0.2) is 0 Å². The van der Waals surface area contributed by atoms with Crippen LogP contribution in [0.5, 0.6) is 0 Å². The summed E-state index contributed by atoms with van der Waals surface area (Å²) in [4.78, 5) is 1.62. The van der Waals surface area contributed by atoms with Gasteiger partial charge in [0.2, 0.25) is 0 Å². The molecule has 0 rings (SSSR count). The second kappa shape index (κ2) is 9.26. The molecule has 0 fully saturated rings. The molecule has 0 unspecified atom stereocenters. The molecule has 0 heterocycles. The molecule has 0 aromatic heterocycles. The van der Waals surface area contributed by atoms with Crippen molar-refractivity contribution in [3.8, 4) is 4.97 Å². The van der Waals surface area contributed by atoms with Gasteiger partial charge in [-0.25, -0.2) is 0 Å². The predicted molar refractivity (Wildman–Crippen MR) is 11.4 cm³/mol. The van der Waals surface area contributed by atoms with E-state index in [9.17, 15) is 0 Å². The maximum atomic E-state index is 7.26. The fraction of sp³-hybridized carbons (Fsp3) is 0. The van der Waals surface area contributed by atoms with Crippen molar-refractivity contribution >= 4 is 16.0 Å². The zero-order valence-corrected chi connectivity index (χ0v) is 4.85. The number of rotatable bonds is 0. The molecule has 0 aliphatic rings. The third-order valence-electron chi connectivity index (χ3n) is 0. The van der Waals surface area contributed by atoms with Gasteiger partial charge in [-0.3, -0.25) is 0 Å². The Bertz CT molecular complexity index is 29.5.